The summed E-state index contributed by atoms with van der Waals surface area (Å²) in [7, 11) is 0. The van der Waals surface area contributed by atoms with Crippen LogP contribution in [0.1, 0.15) is 129 Å². The van der Waals surface area contributed by atoms with Gasteiger partial charge in [0.2, 0.25) is 0 Å². The van der Waals surface area contributed by atoms with Crippen LogP contribution in [-0.4, -0.2) is 0 Å². The summed E-state index contributed by atoms with van der Waals surface area (Å²) in [5, 5.41) is 0. The average molecular weight is 784 g/mol. The molecule has 1 unspecified atom stereocenters. The number of hydrogen-bond donors (Lipinski definition) is 1. The number of aryl methyl sites for hydroxylation is 2. The summed E-state index contributed by atoms with van der Waals surface area (Å²) in [5.74, 6) is 0. The zero-order chi connectivity index (χ0) is 41.8. The Labute approximate surface area is 357 Å². The molecule has 6 aromatic carbocycles. The minimum atomic E-state index is -0.344. The molecule has 308 valence electrons. The largest absolute Gasteiger partial charge is 0.322 e. The van der Waals surface area contributed by atoms with Crippen LogP contribution >= 0.6 is 0 Å². The van der Waals surface area contributed by atoms with Crippen molar-refractivity contribution in [3.8, 4) is 11.1 Å². The van der Waals surface area contributed by atoms with Gasteiger partial charge in [-0.05, 0) is 157 Å². The molecule has 0 spiro atoms. The summed E-state index contributed by atoms with van der Waals surface area (Å²) in [6.45, 7) is 15.9. The predicted molar refractivity (Wildman–Crippen MR) is 257 cm³/mol. The maximum absolute atomic E-state index is 6.82. The minimum Gasteiger partial charge on any atom is -0.322 e. The van der Waals surface area contributed by atoms with E-state index in [9.17, 15) is 0 Å². The number of rotatable bonds is 20. The summed E-state index contributed by atoms with van der Waals surface area (Å²) in [4.78, 5) is 4.75. The first-order chi connectivity index (χ1) is 28.6. The van der Waals surface area contributed by atoms with E-state index in [1.165, 1.54) is 83.3 Å². The van der Waals surface area contributed by atoms with Gasteiger partial charge in [0, 0.05) is 39.7 Å². The minimum absolute atomic E-state index is 0.150. The van der Waals surface area contributed by atoms with E-state index in [0.29, 0.717) is 0 Å². The van der Waals surface area contributed by atoms with Gasteiger partial charge in [0.15, 0.2) is 0 Å². The van der Waals surface area contributed by atoms with Gasteiger partial charge in [0.25, 0.3) is 0 Å². The van der Waals surface area contributed by atoms with E-state index in [4.69, 9.17) is 5.73 Å². The van der Waals surface area contributed by atoms with E-state index in [2.05, 4.69) is 204 Å². The van der Waals surface area contributed by atoms with E-state index in [1.54, 1.807) is 0 Å². The van der Waals surface area contributed by atoms with Crippen molar-refractivity contribution in [2.24, 2.45) is 5.73 Å². The van der Waals surface area contributed by atoms with E-state index in [1.807, 2.05) is 0 Å². The average Bonchev–Trinajstić information content (AvgIpc) is 3.26. The van der Waals surface area contributed by atoms with Crippen molar-refractivity contribution < 1.29 is 0 Å². The van der Waals surface area contributed by atoms with E-state index in [0.717, 1.165) is 54.9 Å². The van der Waals surface area contributed by atoms with Gasteiger partial charge in [0.1, 0.15) is 0 Å². The van der Waals surface area contributed by atoms with Crippen LogP contribution < -0.4 is 15.5 Å². The molecule has 0 fully saturated rings. The number of hydrogen-bond acceptors (Lipinski definition) is 3. The van der Waals surface area contributed by atoms with E-state index >= 15 is 0 Å². The molecule has 0 bridgehead atoms. The van der Waals surface area contributed by atoms with Crippen LogP contribution in [0.25, 0.3) is 11.1 Å². The molecule has 0 aromatic heterocycles. The molecular weight excluding hydrogens is 715 g/mol. The number of anilines is 6. The third kappa shape index (κ3) is 10.9. The Morgan fingerprint density at radius 3 is 1.03 bits per heavy atom. The van der Waals surface area contributed by atoms with Crippen molar-refractivity contribution >= 4 is 34.1 Å². The Morgan fingerprint density at radius 2 is 0.695 bits per heavy atom. The van der Waals surface area contributed by atoms with Gasteiger partial charge in [-0.3, -0.25) is 0 Å². The quantitative estimate of drug-likeness (QED) is 0.0837. The molecule has 3 heteroatoms. The summed E-state index contributed by atoms with van der Waals surface area (Å²) in [6, 6.07) is 54.5. The number of nitrogens with zero attached hydrogens (tertiary/aromatic N) is 2. The molecular formula is C56H69N3. The molecule has 0 aliphatic heterocycles. The number of nitrogens with two attached hydrogens (primary N) is 1. The molecule has 0 saturated carbocycles. The molecule has 0 amide bonds. The topological polar surface area (TPSA) is 32.5 Å². The molecule has 0 saturated heterocycles. The molecule has 59 heavy (non-hydrogen) atoms. The standard InChI is InChI=1S/C56H69N3/c1-8-12-15-43-17-29-49(30-18-43)58(53-37-25-47(26-38-53)55(5,6)41-11-4)51-33-21-45(22-34-51)46-23-35-52(36-24-46)59(50-31-19-44(20-32-50)16-13-9-2)54-39-27-48(28-40-54)56(7,57)42-14-10-3/h17-40H,8-16,41-42,57H2,1-7H3. The molecule has 6 rings (SSSR count). The Morgan fingerprint density at radius 1 is 0.373 bits per heavy atom. The van der Waals surface area contributed by atoms with Crippen LogP contribution in [0.4, 0.5) is 34.1 Å². The van der Waals surface area contributed by atoms with Gasteiger partial charge in [-0.25, -0.2) is 0 Å². The van der Waals surface area contributed by atoms with Crippen molar-refractivity contribution in [2.45, 2.75) is 130 Å². The van der Waals surface area contributed by atoms with Crippen molar-refractivity contribution in [3.05, 3.63) is 168 Å². The SMILES string of the molecule is CCCCc1ccc(N(c2ccc(-c3ccc(N(c4ccc(CCCC)cc4)c4ccc(C(C)(N)CCCC)cc4)cc3)cc2)c2ccc(C(C)(C)CCC)cc2)cc1. The fourth-order valence-corrected chi connectivity index (χ4v) is 8.40. The maximum atomic E-state index is 6.82. The Kier molecular flexibility index (Phi) is 14.9. The lowest BCUT2D eigenvalue weighted by Crippen LogP contribution is -2.32. The van der Waals surface area contributed by atoms with Gasteiger partial charge in [-0.15, -0.1) is 0 Å². The van der Waals surface area contributed by atoms with Crippen LogP contribution in [0.2, 0.25) is 0 Å². The lowest BCUT2D eigenvalue weighted by Gasteiger charge is -2.29. The first kappa shape index (κ1) is 43.5. The Hall–Kier alpha value is -5.12. The van der Waals surface area contributed by atoms with Gasteiger partial charge in [-0.2, -0.15) is 0 Å². The second-order valence-corrected chi connectivity index (χ2v) is 17.6. The molecule has 0 aliphatic carbocycles. The van der Waals surface area contributed by atoms with Crippen LogP contribution in [-0.2, 0) is 23.8 Å². The van der Waals surface area contributed by atoms with Gasteiger partial charge in [-0.1, -0.05) is 146 Å². The second kappa shape index (κ2) is 20.2. The summed E-state index contributed by atoms with van der Waals surface area (Å²) >= 11 is 0. The Bertz CT molecular complexity index is 2140. The first-order valence-corrected chi connectivity index (χ1v) is 22.6. The third-order valence-electron chi connectivity index (χ3n) is 12.2. The van der Waals surface area contributed by atoms with Crippen molar-refractivity contribution in [3.63, 3.8) is 0 Å². The summed E-state index contributed by atoms with van der Waals surface area (Å²) < 4.78 is 0. The highest BCUT2D eigenvalue weighted by Crippen LogP contribution is 2.40. The molecule has 6 aromatic rings. The first-order valence-electron chi connectivity index (χ1n) is 22.6. The van der Waals surface area contributed by atoms with Crippen LogP contribution in [0.3, 0.4) is 0 Å². The fourth-order valence-electron chi connectivity index (χ4n) is 8.40. The van der Waals surface area contributed by atoms with E-state index < -0.39 is 0 Å². The Balaban J connectivity index is 1.30. The summed E-state index contributed by atoms with van der Waals surface area (Å²) in [5.41, 5.74) is 21.2. The van der Waals surface area contributed by atoms with Crippen LogP contribution in [0.5, 0.6) is 0 Å². The van der Waals surface area contributed by atoms with Crippen molar-refractivity contribution in [1.29, 1.82) is 0 Å². The van der Waals surface area contributed by atoms with Gasteiger partial charge in [0.05, 0.1) is 0 Å². The molecule has 3 nitrogen and oxygen atoms in total. The molecule has 0 heterocycles. The normalized spacial score (nSPS) is 12.6. The smallest absolute Gasteiger partial charge is 0.0462 e. The predicted octanol–water partition coefficient (Wildman–Crippen LogP) is 16.4. The maximum Gasteiger partial charge on any atom is 0.0462 e. The monoisotopic (exact) mass is 784 g/mol. The van der Waals surface area contributed by atoms with Gasteiger partial charge < -0.3 is 15.5 Å². The van der Waals surface area contributed by atoms with Crippen molar-refractivity contribution in [2.75, 3.05) is 9.80 Å². The number of benzene rings is 6. The fraction of sp³-hybridized carbons (Fsp3) is 0.357. The molecule has 1 atom stereocenters. The lowest BCUT2D eigenvalue weighted by molar-refractivity contribution is 0.433. The number of unbranched alkanes of at least 4 members (excludes halogenated alkanes) is 3. The summed E-state index contributed by atoms with van der Waals surface area (Å²) in [6.07, 6.45) is 12.6. The molecule has 2 N–H and O–H groups in total. The third-order valence-corrected chi connectivity index (χ3v) is 12.2. The second-order valence-electron chi connectivity index (χ2n) is 17.6. The van der Waals surface area contributed by atoms with Crippen molar-refractivity contribution in [1.82, 2.24) is 0 Å². The van der Waals surface area contributed by atoms with Crippen LogP contribution in [0.15, 0.2) is 146 Å². The highest BCUT2D eigenvalue weighted by molar-refractivity contribution is 5.81. The zero-order valence-electron chi connectivity index (χ0n) is 37.1. The van der Waals surface area contributed by atoms with Gasteiger partial charge >= 0.3 is 0 Å². The molecule has 0 radical (unpaired) electrons. The highest BCUT2D eigenvalue weighted by atomic mass is 15.1. The zero-order valence-corrected chi connectivity index (χ0v) is 37.1. The highest BCUT2D eigenvalue weighted by Gasteiger charge is 2.23. The van der Waals surface area contributed by atoms with Crippen LogP contribution in [0, 0.1) is 0 Å². The van der Waals surface area contributed by atoms with E-state index in [-0.39, 0.29) is 11.0 Å². The molecule has 0 aliphatic rings. The lowest BCUT2D eigenvalue weighted by atomic mass is 9.81.